The Bertz CT molecular complexity index is 503. The number of carboxylic acids is 1. The number of methoxy groups -OCH3 is 1. The lowest BCUT2D eigenvalue weighted by atomic mass is 10.2. The summed E-state index contributed by atoms with van der Waals surface area (Å²) in [6.45, 7) is 0.568. The standard InChI is InChI=1S/C15H20N2O4.ClH/c1-21-13-6-2-11(3-7-13)9-17(12-4-5-12)10-14(18)16-8-15(19)20;/h2-3,6-7,12H,4-5,8-10H2,1H3,(H,16,18)(H,19,20);1H. The number of amides is 1. The Hall–Kier alpha value is -1.79. The van der Waals surface area contributed by atoms with Crippen molar-refractivity contribution in [2.24, 2.45) is 0 Å². The third kappa shape index (κ3) is 5.91. The number of nitrogens with zero attached hydrogens (tertiary/aromatic N) is 1. The molecule has 1 aliphatic rings. The summed E-state index contributed by atoms with van der Waals surface area (Å²) < 4.78 is 5.12. The molecule has 1 amide bonds. The fraction of sp³-hybridized carbons (Fsp3) is 0.467. The largest absolute Gasteiger partial charge is 0.497 e. The third-order valence-corrected chi connectivity index (χ3v) is 3.39. The fourth-order valence-electron chi connectivity index (χ4n) is 2.13. The van der Waals surface area contributed by atoms with Gasteiger partial charge in [-0.2, -0.15) is 0 Å². The summed E-state index contributed by atoms with van der Waals surface area (Å²) >= 11 is 0. The van der Waals surface area contributed by atoms with Crippen LogP contribution in [0.15, 0.2) is 24.3 Å². The zero-order chi connectivity index (χ0) is 15.2. The minimum absolute atomic E-state index is 0. The van der Waals surface area contributed by atoms with Crippen LogP contribution in [0.25, 0.3) is 0 Å². The molecule has 6 nitrogen and oxygen atoms in total. The fourth-order valence-corrected chi connectivity index (χ4v) is 2.13. The molecule has 0 radical (unpaired) electrons. The van der Waals surface area contributed by atoms with Crippen molar-refractivity contribution < 1.29 is 19.4 Å². The second-order valence-electron chi connectivity index (χ2n) is 5.15. The highest BCUT2D eigenvalue weighted by Crippen LogP contribution is 2.28. The maximum absolute atomic E-state index is 11.7. The van der Waals surface area contributed by atoms with E-state index in [1.54, 1.807) is 7.11 Å². The second-order valence-corrected chi connectivity index (χ2v) is 5.15. The summed E-state index contributed by atoms with van der Waals surface area (Å²) in [5.74, 6) is -0.481. The van der Waals surface area contributed by atoms with Gasteiger partial charge in [0.1, 0.15) is 12.3 Å². The van der Waals surface area contributed by atoms with Crippen LogP contribution in [-0.4, -0.2) is 48.1 Å². The molecular formula is C15H21ClN2O4. The van der Waals surface area contributed by atoms with E-state index in [9.17, 15) is 9.59 Å². The number of carboxylic acid groups (broad SMARTS) is 1. The molecule has 0 atom stereocenters. The molecule has 0 unspecified atom stereocenters. The molecule has 0 spiro atoms. The first-order valence-electron chi connectivity index (χ1n) is 6.94. The summed E-state index contributed by atoms with van der Waals surface area (Å²) in [6.07, 6.45) is 2.17. The lowest BCUT2D eigenvalue weighted by Gasteiger charge is -2.21. The summed E-state index contributed by atoms with van der Waals surface area (Å²) in [5, 5.41) is 11.0. The number of halogens is 1. The van der Waals surface area contributed by atoms with Crippen molar-refractivity contribution in [3.63, 3.8) is 0 Å². The Kier molecular flexibility index (Phi) is 7.14. The summed E-state index contributed by atoms with van der Waals surface area (Å²) in [4.78, 5) is 24.3. The third-order valence-electron chi connectivity index (χ3n) is 3.39. The average molecular weight is 329 g/mol. The predicted octanol–water partition coefficient (Wildman–Crippen LogP) is 1.28. The van der Waals surface area contributed by atoms with Crippen molar-refractivity contribution in [1.82, 2.24) is 10.2 Å². The number of hydrogen-bond donors (Lipinski definition) is 2. The molecule has 1 fully saturated rings. The van der Waals surface area contributed by atoms with Crippen molar-refractivity contribution in [3.05, 3.63) is 29.8 Å². The number of carbonyl (C=O) groups excluding carboxylic acids is 1. The molecule has 0 saturated heterocycles. The van der Waals surface area contributed by atoms with Crippen LogP contribution < -0.4 is 10.1 Å². The van der Waals surface area contributed by atoms with Crippen molar-refractivity contribution in [2.75, 3.05) is 20.2 Å². The highest BCUT2D eigenvalue weighted by Gasteiger charge is 2.30. The van der Waals surface area contributed by atoms with E-state index in [1.165, 1.54) is 0 Å². The topological polar surface area (TPSA) is 78.9 Å². The number of rotatable bonds is 8. The van der Waals surface area contributed by atoms with Gasteiger partial charge in [-0.1, -0.05) is 12.1 Å². The molecule has 0 aromatic heterocycles. The van der Waals surface area contributed by atoms with Crippen LogP contribution in [0, 0.1) is 0 Å². The van der Waals surface area contributed by atoms with E-state index in [0.717, 1.165) is 24.2 Å². The first-order valence-corrected chi connectivity index (χ1v) is 6.94. The van der Waals surface area contributed by atoms with Gasteiger partial charge in [0.25, 0.3) is 0 Å². The highest BCUT2D eigenvalue weighted by molar-refractivity contribution is 5.85. The predicted molar refractivity (Wildman–Crippen MR) is 84.3 cm³/mol. The Morgan fingerprint density at radius 3 is 2.45 bits per heavy atom. The Labute approximate surface area is 135 Å². The van der Waals surface area contributed by atoms with Gasteiger partial charge in [-0.25, -0.2) is 0 Å². The molecule has 1 aromatic carbocycles. The minimum Gasteiger partial charge on any atom is -0.497 e. The SMILES string of the molecule is COc1ccc(CN(CC(=O)NCC(=O)O)C2CC2)cc1.Cl. The van der Waals surface area contributed by atoms with Crippen LogP contribution in [0.1, 0.15) is 18.4 Å². The molecule has 22 heavy (non-hydrogen) atoms. The quantitative estimate of drug-likeness (QED) is 0.751. The average Bonchev–Trinajstić information content (AvgIpc) is 3.30. The molecule has 0 heterocycles. The van der Waals surface area contributed by atoms with E-state index >= 15 is 0 Å². The first kappa shape index (κ1) is 18.3. The number of hydrogen-bond acceptors (Lipinski definition) is 4. The zero-order valence-corrected chi connectivity index (χ0v) is 13.3. The van der Waals surface area contributed by atoms with Crippen LogP contribution in [0.3, 0.4) is 0 Å². The van der Waals surface area contributed by atoms with E-state index < -0.39 is 5.97 Å². The molecule has 1 aromatic rings. The van der Waals surface area contributed by atoms with Crippen LogP contribution in [-0.2, 0) is 16.1 Å². The number of ether oxygens (including phenoxy) is 1. The van der Waals surface area contributed by atoms with E-state index in [4.69, 9.17) is 9.84 Å². The van der Waals surface area contributed by atoms with Gasteiger partial charge >= 0.3 is 5.97 Å². The maximum Gasteiger partial charge on any atom is 0.322 e. The van der Waals surface area contributed by atoms with Gasteiger partial charge in [-0.15, -0.1) is 12.4 Å². The normalized spacial score (nSPS) is 13.4. The van der Waals surface area contributed by atoms with E-state index in [2.05, 4.69) is 10.2 Å². The Morgan fingerprint density at radius 2 is 1.95 bits per heavy atom. The summed E-state index contributed by atoms with van der Waals surface area (Å²) in [5.41, 5.74) is 1.11. The van der Waals surface area contributed by atoms with Crippen LogP contribution in [0.2, 0.25) is 0 Å². The molecule has 1 aliphatic carbocycles. The van der Waals surface area contributed by atoms with E-state index in [1.807, 2.05) is 24.3 Å². The molecule has 0 bridgehead atoms. The maximum atomic E-state index is 11.7. The monoisotopic (exact) mass is 328 g/mol. The molecule has 0 aliphatic heterocycles. The summed E-state index contributed by atoms with van der Waals surface area (Å²) in [6, 6.07) is 8.16. The van der Waals surface area contributed by atoms with E-state index in [0.29, 0.717) is 12.6 Å². The molecule has 122 valence electrons. The second kappa shape index (κ2) is 8.60. The molecular weight excluding hydrogens is 308 g/mol. The number of aliphatic carboxylic acids is 1. The molecule has 2 rings (SSSR count). The Balaban J connectivity index is 0.00000242. The van der Waals surface area contributed by atoms with Crippen molar-refractivity contribution >= 4 is 24.3 Å². The Morgan fingerprint density at radius 1 is 1.32 bits per heavy atom. The van der Waals surface area contributed by atoms with Gasteiger partial charge in [0.05, 0.1) is 13.7 Å². The van der Waals surface area contributed by atoms with Crippen LogP contribution in [0.5, 0.6) is 5.75 Å². The van der Waals surface area contributed by atoms with Crippen LogP contribution >= 0.6 is 12.4 Å². The van der Waals surface area contributed by atoms with Crippen molar-refractivity contribution in [2.45, 2.75) is 25.4 Å². The molecule has 2 N–H and O–H groups in total. The smallest absolute Gasteiger partial charge is 0.322 e. The van der Waals surface area contributed by atoms with Crippen molar-refractivity contribution in [3.8, 4) is 5.75 Å². The van der Waals surface area contributed by atoms with Gasteiger partial charge in [0.15, 0.2) is 0 Å². The zero-order valence-electron chi connectivity index (χ0n) is 12.4. The van der Waals surface area contributed by atoms with Gasteiger partial charge in [0, 0.05) is 12.6 Å². The number of carbonyl (C=O) groups is 2. The van der Waals surface area contributed by atoms with Crippen molar-refractivity contribution in [1.29, 1.82) is 0 Å². The summed E-state index contributed by atoms with van der Waals surface area (Å²) in [7, 11) is 1.62. The van der Waals surface area contributed by atoms with Gasteiger partial charge < -0.3 is 15.2 Å². The van der Waals surface area contributed by atoms with Crippen LogP contribution in [0.4, 0.5) is 0 Å². The first-order chi connectivity index (χ1) is 10.1. The van der Waals surface area contributed by atoms with Gasteiger partial charge in [-0.3, -0.25) is 14.5 Å². The van der Waals surface area contributed by atoms with Gasteiger partial charge in [-0.05, 0) is 30.5 Å². The number of nitrogens with one attached hydrogen (secondary N) is 1. The lowest BCUT2D eigenvalue weighted by molar-refractivity contribution is -0.138. The molecule has 1 saturated carbocycles. The van der Waals surface area contributed by atoms with E-state index in [-0.39, 0.29) is 31.4 Å². The highest BCUT2D eigenvalue weighted by atomic mass is 35.5. The minimum atomic E-state index is -1.03. The number of benzene rings is 1. The lowest BCUT2D eigenvalue weighted by Crippen LogP contribution is -2.39. The van der Waals surface area contributed by atoms with Gasteiger partial charge in [0.2, 0.25) is 5.91 Å². The molecule has 7 heteroatoms.